The number of ether oxygens (including phenoxy) is 1. The van der Waals surface area contributed by atoms with Crippen LogP contribution in [0.1, 0.15) is 34.1 Å². The van der Waals surface area contributed by atoms with Gasteiger partial charge in [0.25, 0.3) is 0 Å². The predicted octanol–water partition coefficient (Wildman–Crippen LogP) is 0.735. The zero-order chi connectivity index (χ0) is 12.9. The number of aliphatic hydroxyl groups is 1. The summed E-state index contributed by atoms with van der Waals surface area (Å²) in [6.45, 7) is 6.48. The molecule has 0 aliphatic rings. The average Bonchev–Trinajstić information content (AvgIpc) is 1.97. The van der Waals surface area contributed by atoms with Crippen molar-refractivity contribution in [2.45, 2.75) is 51.9 Å². The number of alkyl carbamates (subject to hydrolysis) is 1. The van der Waals surface area contributed by atoms with Gasteiger partial charge in [0.2, 0.25) is 0 Å². The van der Waals surface area contributed by atoms with Crippen LogP contribution in [0.25, 0.3) is 0 Å². The highest BCUT2D eigenvalue weighted by molar-refractivity contribution is 5.80. The number of hydrogen-bond donors (Lipinski definition) is 3. The van der Waals surface area contributed by atoms with Crippen LogP contribution in [-0.2, 0) is 9.53 Å². The second-order valence-electron chi connectivity index (χ2n) is 4.62. The number of amides is 1. The maximum absolute atomic E-state index is 11.3. The summed E-state index contributed by atoms with van der Waals surface area (Å²) < 4.78 is 4.90. The molecule has 0 rings (SSSR count). The summed E-state index contributed by atoms with van der Waals surface area (Å²) in [5.74, 6) is -1.20. The van der Waals surface area contributed by atoms with E-state index in [1.54, 1.807) is 20.8 Å². The first kappa shape index (κ1) is 14.7. The molecule has 2 unspecified atom stereocenters. The van der Waals surface area contributed by atoms with Gasteiger partial charge in [0.15, 0.2) is 0 Å². The monoisotopic (exact) mass is 233 g/mol. The molecule has 0 heterocycles. The van der Waals surface area contributed by atoms with E-state index < -0.39 is 29.8 Å². The second-order valence-corrected chi connectivity index (χ2v) is 4.62. The summed E-state index contributed by atoms with van der Waals surface area (Å²) in [5.41, 5.74) is -0.683. The van der Waals surface area contributed by atoms with Gasteiger partial charge in [0, 0.05) is 6.42 Å². The number of rotatable bonds is 4. The third kappa shape index (κ3) is 7.05. The summed E-state index contributed by atoms with van der Waals surface area (Å²) in [7, 11) is 0. The van der Waals surface area contributed by atoms with E-state index in [2.05, 4.69) is 5.32 Å². The van der Waals surface area contributed by atoms with Crippen molar-refractivity contribution >= 4 is 12.1 Å². The molecule has 0 fully saturated rings. The minimum Gasteiger partial charge on any atom is -0.480 e. The molecule has 16 heavy (non-hydrogen) atoms. The van der Waals surface area contributed by atoms with Gasteiger partial charge >= 0.3 is 12.1 Å². The highest BCUT2D eigenvalue weighted by Gasteiger charge is 2.24. The summed E-state index contributed by atoms with van der Waals surface area (Å²) in [6, 6.07) is -1.14. The molecule has 0 saturated carbocycles. The molecule has 0 spiro atoms. The lowest BCUT2D eigenvalue weighted by atomic mass is 10.1. The molecular weight excluding hydrogens is 214 g/mol. The Labute approximate surface area is 94.6 Å². The Hall–Kier alpha value is -1.30. The summed E-state index contributed by atoms with van der Waals surface area (Å²) in [6.07, 6.45) is -1.68. The average molecular weight is 233 g/mol. The van der Waals surface area contributed by atoms with Crippen molar-refractivity contribution in [2.24, 2.45) is 0 Å². The Morgan fingerprint density at radius 3 is 2.19 bits per heavy atom. The third-order valence-electron chi connectivity index (χ3n) is 1.57. The molecule has 0 saturated heterocycles. The third-order valence-corrected chi connectivity index (χ3v) is 1.57. The van der Waals surface area contributed by atoms with Gasteiger partial charge in [-0.3, -0.25) is 0 Å². The molecule has 0 aromatic carbocycles. The van der Waals surface area contributed by atoms with E-state index in [-0.39, 0.29) is 6.42 Å². The van der Waals surface area contributed by atoms with E-state index in [0.717, 1.165) is 0 Å². The molecule has 0 aliphatic carbocycles. The van der Waals surface area contributed by atoms with Crippen molar-refractivity contribution in [1.82, 2.24) is 5.32 Å². The summed E-state index contributed by atoms with van der Waals surface area (Å²) in [5, 5.41) is 20.0. The Morgan fingerprint density at radius 1 is 1.38 bits per heavy atom. The van der Waals surface area contributed by atoms with E-state index in [4.69, 9.17) is 14.9 Å². The molecule has 94 valence electrons. The molecule has 0 radical (unpaired) electrons. The molecule has 2 atom stereocenters. The van der Waals surface area contributed by atoms with E-state index in [1.165, 1.54) is 6.92 Å². The Bertz CT molecular complexity index is 256. The van der Waals surface area contributed by atoms with Crippen LogP contribution in [0.5, 0.6) is 0 Å². The normalized spacial score (nSPS) is 15.1. The van der Waals surface area contributed by atoms with Crippen molar-refractivity contribution in [3.63, 3.8) is 0 Å². The molecule has 6 heteroatoms. The van der Waals surface area contributed by atoms with Crippen molar-refractivity contribution < 1.29 is 24.5 Å². The zero-order valence-electron chi connectivity index (χ0n) is 9.98. The van der Waals surface area contributed by atoms with E-state index >= 15 is 0 Å². The number of carbonyl (C=O) groups is 2. The maximum Gasteiger partial charge on any atom is 0.408 e. The number of hydrogen-bond acceptors (Lipinski definition) is 4. The van der Waals surface area contributed by atoms with Crippen molar-refractivity contribution in [1.29, 1.82) is 0 Å². The number of aliphatic hydroxyl groups excluding tert-OH is 1. The Kier molecular flexibility index (Phi) is 5.23. The molecule has 0 aliphatic heterocycles. The van der Waals surface area contributed by atoms with Gasteiger partial charge < -0.3 is 20.3 Å². The van der Waals surface area contributed by atoms with Gasteiger partial charge in [-0.1, -0.05) is 0 Å². The fourth-order valence-corrected chi connectivity index (χ4v) is 1.01. The van der Waals surface area contributed by atoms with Crippen LogP contribution < -0.4 is 5.32 Å². The maximum atomic E-state index is 11.3. The molecule has 0 aromatic rings. The van der Waals surface area contributed by atoms with Gasteiger partial charge in [0.1, 0.15) is 11.6 Å². The highest BCUT2D eigenvalue weighted by Crippen LogP contribution is 2.07. The first-order chi connectivity index (χ1) is 7.11. The molecule has 0 aromatic heterocycles. The lowest BCUT2D eigenvalue weighted by molar-refractivity contribution is -0.140. The summed E-state index contributed by atoms with van der Waals surface area (Å²) in [4.78, 5) is 22.0. The number of carboxylic acid groups (broad SMARTS) is 1. The van der Waals surface area contributed by atoms with Crippen LogP contribution in [0.3, 0.4) is 0 Å². The van der Waals surface area contributed by atoms with Gasteiger partial charge in [-0.2, -0.15) is 0 Å². The van der Waals surface area contributed by atoms with Crippen LogP contribution in [0, 0.1) is 0 Å². The van der Waals surface area contributed by atoms with Gasteiger partial charge in [-0.15, -0.1) is 0 Å². The fraction of sp³-hybridized carbons (Fsp3) is 0.800. The summed E-state index contributed by atoms with van der Waals surface area (Å²) >= 11 is 0. The smallest absolute Gasteiger partial charge is 0.408 e. The van der Waals surface area contributed by atoms with Crippen LogP contribution in [0.15, 0.2) is 0 Å². The van der Waals surface area contributed by atoms with Gasteiger partial charge in [-0.25, -0.2) is 9.59 Å². The van der Waals surface area contributed by atoms with E-state index in [1.807, 2.05) is 0 Å². The lowest BCUT2D eigenvalue weighted by Crippen LogP contribution is -2.44. The molecule has 6 nitrogen and oxygen atoms in total. The van der Waals surface area contributed by atoms with Gasteiger partial charge in [0.05, 0.1) is 6.10 Å². The van der Waals surface area contributed by atoms with Crippen LogP contribution in [0.4, 0.5) is 4.79 Å². The first-order valence-corrected chi connectivity index (χ1v) is 5.02. The van der Waals surface area contributed by atoms with Crippen molar-refractivity contribution in [3.05, 3.63) is 0 Å². The molecular formula is C10H19NO5. The van der Waals surface area contributed by atoms with Gasteiger partial charge in [-0.05, 0) is 27.7 Å². The molecule has 0 bridgehead atoms. The second kappa shape index (κ2) is 5.69. The van der Waals surface area contributed by atoms with Crippen molar-refractivity contribution in [2.75, 3.05) is 0 Å². The first-order valence-electron chi connectivity index (χ1n) is 5.02. The number of carbonyl (C=O) groups excluding carboxylic acids is 1. The standard InChI is InChI=1S/C10H19NO5/c1-6(12)5-7(8(13)14)11-9(15)16-10(2,3)4/h6-7,12H,5H2,1-4H3,(H,11,15)(H,13,14). The Morgan fingerprint density at radius 2 is 1.88 bits per heavy atom. The largest absolute Gasteiger partial charge is 0.480 e. The topological polar surface area (TPSA) is 95.9 Å². The van der Waals surface area contributed by atoms with E-state index in [9.17, 15) is 9.59 Å². The number of aliphatic carboxylic acids is 1. The number of carboxylic acids is 1. The number of nitrogens with one attached hydrogen (secondary N) is 1. The van der Waals surface area contributed by atoms with Crippen LogP contribution in [0.2, 0.25) is 0 Å². The quantitative estimate of drug-likeness (QED) is 0.665. The molecule has 3 N–H and O–H groups in total. The zero-order valence-corrected chi connectivity index (χ0v) is 9.98. The predicted molar refractivity (Wildman–Crippen MR) is 57.1 cm³/mol. The van der Waals surface area contributed by atoms with E-state index in [0.29, 0.717) is 0 Å². The minimum atomic E-state index is -1.20. The fourth-order valence-electron chi connectivity index (χ4n) is 1.01. The SMILES string of the molecule is CC(O)CC(NC(=O)OC(C)(C)C)C(=O)O. The van der Waals surface area contributed by atoms with Crippen molar-refractivity contribution in [3.8, 4) is 0 Å². The minimum absolute atomic E-state index is 0.0609. The lowest BCUT2D eigenvalue weighted by Gasteiger charge is -2.22. The van der Waals surface area contributed by atoms with Crippen LogP contribution in [-0.4, -0.2) is 40.0 Å². The molecule has 1 amide bonds. The van der Waals surface area contributed by atoms with Crippen LogP contribution >= 0.6 is 0 Å². The highest BCUT2D eigenvalue weighted by atomic mass is 16.6. The Balaban J connectivity index is 4.30.